The monoisotopic (exact) mass is 378 g/mol. The quantitative estimate of drug-likeness (QED) is 0.600. The molecule has 146 valence electrons. The molecule has 2 heterocycles. The fourth-order valence-corrected chi connectivity index (χ4v) is 3.53. The van der Waals surface area contributed by atoms with Gasteiger partial charge in [-0.15, -0.1) is 0 Å². The number of para-hydroxylation sites is 1. The van der Waals surface area contributed by atoms with Crippen LogP contribution >= 0.6 is 0 Å². The topological polar surface area (TPSA) is 47.7 Å². The van der Waals surface area contributed by atoms with Gasteiger partial charge in [-0.2, -0.15) is 0 Å². The Bertz CT molecular complexity index is 899. The van der Waals surface area contributed by atoms with Gasteiger partial charge in [-0.1, -0.05) is 24.3 Å². The molecule has 0 aliphatic carbocycles. The van der Waals surface area contributed by atoms with Crippen LogP contribution < -0.4 is 4.74 Å². The summed E-state index contributed by atoms with van der Waals surface area (Å²) in [6.45, 7) is 4.85. The molecule has 0 spiro atoms. The number of aryl methyl sites for hydroxylation is 1. The number of likely N-dealkylation sites (tertiary alicyclic amines) is 1. The lowest BCUT2D eigenvalue weighted by Gasteiger charge is -2.30. The van der Waals surface area contributed by atoms with Crippen molar-refractivity contribution in [3.8, 4) is 23.0 Å². The molecule has 5 nitrogen and oxygen atoms in total. The van der Waals surface area contributed by atoms with Crippen molar-refractivity contribution in [2.75, 3.05) is 20.2 Å². The first-order valence-electron chi connectivity index (χ1n) is 9.76. The van der Waals surface area contributed by atoms with Crippen LogP contribution in [0.1, 0.15) is 24.3 Å². The Morgan fingerprint density at radius 3 is 2.54 bits per heavy atom. The van der Waals surface area contributed by atoms with E-state index in [1.807, 2.05) is 61.5 Å². The minimum atomic E-state index is 0.387. The van der Waals surface area contributed by atoms with E-state index in [2.05, 4.69) is 4.90 Å². The Kier molecular flexibility index (Phi) is 5.74. The van der Waals surface area contributed by atoms with Gasteiger partial charge in [-0.05, 0) is 50.1 Å². The van der Waals surface area contributed by atoms with Crippen LogP contribution in [0.4, 0.5) is 0 Å². The minimum absolute atomic E-state index is 0.387. The zero-order chi connectivity index (χ0) is 19.3. The minimum Gasteiger partial charge on any atom is -0.457 e. The summed E-state index contributed by atoms with van der Waals surface area (Å²) >= 11 is 0. The fraction of sp³-hybridized carbons (Fsp3) is 0.348. The maximum atomic E-state index is 5.97. The second-order valence-electron chi connectivity index (χ2n) is 7.18. The lowest BCUT2D eigenvalue weighted by Crippen LogP contribution is -2.36. The molecule has 0 amide bonds. The first-order chi connectivity index (χ1) is 13.7. The largest absolute Gasteiger partial charge is 0.457 e. The molecule has 1 aliphatic rings. The number of rotatable bonds is 6. The molecule has 0 unspecified atom stereocenters. The van der Waals surface area contributed by atoms with E-state index in [4.69, 9.17) is 18.9 Å². The number of nitrogens with zero attached hydrogens (tertiary/aromatic N) is 2. The summed E-state index contributed by atoms with van der Waals surface area (Å²) < 4.78 is 17.4. The van der Waals surface area contributed by atoms with Crippen molar-refractivity contribution >= 4 is 0 Å². The summed E-state index contributed by atoms with van der Waals surface area (Å²) in [4.78, 5) is 7.18. The Morgan fingerprint density at radius 2 is 1.79 bits per heavy atom. The molecule has 0 bridgehead atoms. The normalized spacial score (nSPS) is 15.6. The van der Waals surface area contributed by atoms with Gasteiger partial charge < -0.3 is 13.9 Å². The van der Waals surface area contributed by atoms with Crippen LogP contribution in [0.3, 0.4) is 0 Å². The number of hydrogen-bond acceptors (Lipinski definition) is 5. The molecular formula is C23H26N2O3. The van der Waals surface area contributed by atoms with Gasteiger partial charge in [-0.3, -0.25) is 4.90 Å². The molecule has 4 rings (SSSR count). The molecule has 0 radical (unpaired) electrons. The molecule has 2 aromatic carbocycles. The first kappa shape index (κ1) is 18.7. The third-order valence-electron chi connectivity index (χ3n) is 5.19. The number of benzene rings is 2. The maximum absolute atomic E-state index is 5.97. The molecule has 1 fully saturated rings. The van der Waals surface area contributed by atoms with E-state index in [1.54, 1.807) is 7.11 Å². The molecule has 1 aliphatic heterocycles. The third kappa shape index (κ3) is 4.43. The summed E-state index contributed by atoms with van der Waals surface area (Å²) in [5, 5.41) is 0. The average Bonchev–Trinajstić information content (AvgIpc) is 3.10. The van der Waals surface area contributed by atoms with Crippen molar-refractivity contribution in [3.05, 3.63) is 66.1 Å². The van der Waals surface area contributed by atoms with E-state index >= 15 is 0 Å². The highest BCUT2D eigenvalue weighted by Gasteiger charge is 2.21. The Morgan fingerprint density at radius 1 is 1.04 bits per heavy atom. The SMILES string of the molecule is COC1CCN(Cc2nc(-c3cccc(Oc4ccccc4)c3)oc2C)CC1. The Balaban J connectivity index is 1.46. The highest BCUT2D eigenvalue weighted by atomic mass is 16.5. The van der Waals surface area contributed by atoms with Gasteiger partial charge in [0, 0.05) is 32.3 Å². The molecule has 3 aromatic rings. The predicted octanol–water partition coefficient (Wildman–Crippen LogP) is 5.05. The van der Waals surface area contributed by atoms with Crippen LogP contribution in [0.5, 0.6) is 11.5 Å². The van der Waals surface area contributed by atoms with Crippen molar-refractivity contribution in [2.45, 2.75) is 32.4 Å². The summed E-state index contributed by atoms with van der Waals surface area (Å²) in [5.41, 5.74) is 1.92. The summed E-state index contributed by atoms with van der Waals surface area (Å²) in [6.07, 6.45) is 2.52. The van der Waals surface area contributed by atoms with Crippen LogP contribution in [0.15, 0.2) is 59.0 Å². The van der Waals surface area contributed by atoms with Crippen LogP contribution in [0.25, 0.3) is 11.5 Å². The number of methoxy groups -OCH3 is 1. The smallest absolute Gasteiger partial charge is 0.226 e. The van der Waals surface area contributed by atoms with Crippen molar-refractivity contribution in [2.24, 2.45) is 0 Å². The Hall–Kier alpha value is -2.63. The standard InChI is InChI=1S/C23H26N2O3/c1-17-22(16-25-13-11-19(26-2)12-14-25)24-23(27-17)18-7-6-10-21(15-18)28-20-8-4-3-5-9-20/h3-10,15,19H,11-14,16H2,1-2H3. The van der Waals surface area contributed by atoms with Gasteiger partial charge in [0.15, 0.2) is 0 Å². The molecule has 0 N–H and O–H groups in total. The maximum Gasteiger partial charge on any atom is 0.226 e. The van der Waals surface area contributed by atoms with Crippen LogP contribution in [-0.2, 0) is 11.3 Å². The molecule has 1 saturated heterocycles. The fourth-order valence-electron chi connectivity index (χ4n) is 3.53. The van der Waals surface area contributed by atoms with Crippen molar-refractivity contribution in [1.29, 1.82) is 0 Å². The molecule has 5 heteroatoms. The Labute approximate surface area is 165 Å². The van der Waals surface area contributed by atoms with Crippen molar-refractivity contribution in [3.63, 3.8) is 0 Å². The van der Waals surface area contributed by atoms with Gasteiger partial charge in [0.1, 0.15) is 17.3 Å². The summed E-state index contributed by atoms with van der Waals surface area (Å²) in [5.74, 6) is 3.09. The van der Waals surface area contributed by atoms with E-state index in [9.17, 15) is 0 Å². The molecular weight excluding hydrogens is 352 g/mol. The van der Waals surface area contributed by atoms with Gasteiger partial charge in [-0.25, -0.2) is 4.98 Å². The lowest BCUT2D eigenvalue weighted by atomic mass is 10.1. The van der Waals surface area contributed by atoms with Crippen molar-refractivity contribution < 1.29 is 13.9 Å². The van der Waals surface area contributed by atoms with Crippen molar-refractivity contribution in [1.82, 2.24) is 9.88 Å². The average molecular weight is 378 g/mol. The molecule has 28 heavy (non-hydrogen) atoms. The number of ether oxygens (including phenoxy) is 2. The zero-order valence-corrected chi connectivity index (χ0v) is 16.4. The highest BCUT2D eigenvalue weighted by molar-refractivity contribution is 5.57. The van der Waals surface area contributed by atoms with Crippen LogP contribution in [0, 0.1) is 6.92 Å². The highest BCUT2D eigenvalue weighted by Crippen LogP contribution is 2.28. The van der Waals surface area contributed by atoms with E-state index in [1.165, 1.54) is 0 Å². The van der Waals surface area contributed by atoms with Gasteiger partial charge >= 0.3 is 0 Å². The molecule has 1 aromatic heterocycles. The van der Waals surface area contributed by atoms with Crippen LogP contribution in [-0.4, -0.2) is 36.2 Å². The van der Waals surface area contributed by atoms with E-state index in [-0.39, 0.29) is 0 Å². The first-order valence-corrected chi connectivity index (χ1v) is 9.76. The second kappa shape index (κ2) is 8.59. The van der Waals surface area contributed by atoms with Gasteiger partial charge in [0.2, 0.25) is 5.89 Å². The van der Waals surface area contributed by atoms with E-state index in [0.29, 0.717) is 12.0 Å². The number of aromatic nitrogens is 1. The number of oxazole rings is 1. The predicted molar refractivity (Wildman–Crippen MR) is 109 cm³/mol. The van der Waals surface area contributed by atoms with Gasteiger partial charge in [0.25, 0.3) is 0 Å². The van der Waals surface area contributed by atoms with Crippen LogP contribution in [0.2, 0.25) is 0 Å². The number of hydrogen-bond donors (Lipinski definition) is 0. The number of piperidine rings is 1. The molecule has 0 atom stereocenters. The summed E-state index contributed by atoms with van der Waals surface area (Å²) in [7, 11) is 1.80. The van der Waals surface area contributed by atoms with E-state index in [0.717, 1.165) is 61.0 Å². The zero-order valence-electron chi connectivity index (χ0n) is 16.4. The van der Waals surface area contributed by atoms with Gasteiger partial charge in [0.05, 0.1) is 11.8 Å². The summed E-state index contributed by atoms with van der Waals surface area (Å²) in [6, 6.07) is 17.6. The molecule has 0 saturated carbocycles. The second-order valence-corrected chi connectivity index (χ2v) is 7.18. The third-order valence-corrected chi connectivity index (χ3v) is 5.19. The lowest BCUT2D eigenvalue weighted by molar-refractivity contribution is 0.0384. The van der Waals surface area contributed by atoms with E-state index < -0.39 is 0 Å².